The lowest BCUT2D eigenvalue weighted by Crippen LogP contribution is -2.31. The van der Waals surface area contributed by atoms with Crippen molar-refractivity contribution < 1.29 is 14.3 Å². The summed E-state index contributed by atoms with van der Waals surface area (Å²) in [5, 5.41) is 9.91. The maximum Gasteiger partial charge on any atom is 0.362 e. The van der Waals surface area contributed by atoms with E-state index < -0.39 is 5.97 Å². The molecule has 0 saturated heterocycles. The molecule has 1 aromatic rings. The van der Waals surface area contributed by atoms with Crippen LogP contribution in [0.25, 0.3) is 0 Å². The Labute approximate surface area is 104 Å². The average Bonchev–Trinajstić information content (AvgIpc) is 2.67. The average molecular weight is 255 g/mol. The van der Waals surface area contributed by atoms with Crippen LogP contribution in [-0.4, -0.2) is 40.5 Å². The second-order valence-electron chi connectivity index (χ2n) is 4.17. The summed E-state index contributed by atoms with van der Waals surface area (Å²) in [5.41, 5.74) is 5.55. The van der Waals surface area contributed by atoms with Crippen LogP contribution in [0.5, 0.6) is 0 Å². The highest BCUT2D eigenvalue weighted by Gasteiger charge is 2.19. The van der Waals surface area contributed by atoms with Crippen molar-refractivity contribution in [2.45, 2.75) is 20.4 Å². The van der Waals surface area contributed by atoms with E-state index in [1.165, 1.54) is 7.11 Å². The molecule has 8 heteroatoms. The van der Waals surface area contributed by atoms with Gasteiger partial charge in [0.2, 0.25) is 11.6 Å². The highest BCUT2D eigenvalue weighted by molar-refractivity contribution is 5.92. The number of ether oxygens (including phenoxy) is 1. The molecule has 8 nitrogen and oxygen atoms in total. The molecule has 0 atom stereocenters. The summed E-state index contributed by atoms with van der Waals surface area (Å²) in [7, 11) is 1.22. The molecule has 1 amide bonds. The third kappa shape index (κ3) is 3.44. The van der Waals surface area contributed by atoms with Gasteiger partial charge in [-0.1, -0.05) is 19.1 Å². The second kappa shape index (κ2) is 5.99. The summed E-state index contributed by atoms with van der Waals surface area (Å²) in [6, 6.07) is 0. The summed E-state index contributed by atoms with van der Waals surface area (Å²) in [4.78, 5) is 22.8. The number of aromatic nitrogens is 3. The van der Waals surface area contributed by atoms with Gasteiger partial charge in [-0.3, -0.25) is 4.79 Å². The van der Waals surface area contributed by atoms with Gasteiger partial charge < -0.3 is 15.8 Å². The summed E-state index contributed by atoms with van der Waals surface area (Å²) >= 11 is 0. The van der Waals surface area contributed by atoms with Crippen molar-refractivity contribution >= 4 is 17.7 Å². The number of rotatable bonds is 5. The Bertz CT molecular complexity index is 441. The predicted octanol–water partition coefficient (Wildman–Crippen LogP) is -0.581. The van der Waals surface area contributed by atoms with E-state index in [4.69, 9.17) is 5.73 Å². The predicted molar refractivity (Wildman–Crippen MR) is 63.6 cm³/mol. The number of nitrogens with two attached hydrogens (primary N) is 1. The van der Waals surface area contributed by atoms with Gasteiger partial charge in [-0.25, -0.2) is 9.48 Å². The first-order valence-corrected chi connectivity index (χ1v) is 5.49. The first-order valence-electron chi connectivity index (χ1n) is 5.49. The fourth-order valence-electron chi connectivity index (χ4n) is 1.19. The minimum atomic E-state index is -0.679. The Balaban J connectivity index is 2.66. The molecule has 0 saturated carbocycles. The van der Waals surface area contributed by atoms with Crippen molar-refractivity contribution in [1.82, 2.24) is 20.3 Å². The first-order chi connectivity index (χ1) is 8.45. The minimum absolute atomic E-state index is 0.0153. The molecule has 1 aromatic heterocycles. The second-order valence-corrected chi connectivity index (χ2v) is 4.17. The van der Waals surface area contributed by atoms with Gasteiger partial charge in [0.15, 0.2) is 5.82 Å². The van der Waals surface area contributed by atoms with Gasteiger partial charge in [0.1, 0.15) is 6.54 Å². The Morgan fingerprint density at radius 1 is 1.50 bits per heavy atom. The van der Waals surface area contributed by atoms with Gasteiger partial charge in [0.25, 0.3) is 0 Å². The molecule has 0 aliphatic carbocycles. The van der Waals surface area contributed by atoms with E-state index in [-0.39, 0.29) is 24.0 Å². The Hall–Kier alpha value is -2.12. The zero-order valence-electron chi connectivity index (χ0n) is 10.6. The summed E-state index contributed by atoms with van der Waals surface area (Å²) in [5.74, 6) is -0.549. The fourth-order valence-corrected chi connectivity index (χ4v) is 1.19. The third-order valence-electron chi connectivity index (χ3n) is 2.15. The minimum Gasteiger partial charge on any atom is -0.464 e. The summed E-state index contributed by atoms with van der Waals surface area (Å²) < 4.78 is 5.63. The van der Waals surface area contributed by atoms with Gasteiger partial charge in [0.05, 0.1) is 7.11 Å². The van der Waals surface area contributed by atoms with E-state index in [2.05, 4.69) is 20.4 Å². The zero-order chi connectivity index (χ0) is 13.7. The molecular weight excluding hydrogens is 238 g/mol. The number of esters is 1. The number of nitrogen functional groups attached to an aromatic ring is 1. The van der Waals surface area contributed by atoms with Crippen LogP contribution in [0.4, 0.5) is 5.82 Å². The normalized spacial score (nSPS) is 10.4. The van der Waals surface area contributed by atoms with Crippen LogP contribution >= 0.6 is 0 Å². The van der Waals surface area contributed by atoms with E-state index in [1.807, 2.05) is 13.8 Å². The Morgan fingerprint density at radius 2 is 2.17 bits per heavy atom. The maximum atomic E-state index is 11.5. The quantitative estimate of drug-likeness (QED) is 0.681. The molecule has 0 unspecified atom stereocenters. The maximum absolute atomic E-state index is 11.5. The topological polar surface area (TPSA) is 112 Å². The number of nitrogens with one attached hydrogen (secondary N) is 1. The molecule has 3 N–H and O–H groups in total. The van der Waals surface area contributed by atoms with Crippen LogP contribution in [-0.2, 0) is 16.1 Å². The molecule has 0 fully saturated rings. The van der Waals surface area contributed by atoms with Gasteiger partial charge >= 0.3 is 5.97 Å². The van der Waals surface area contributed by atoms with Crippen LogP contribution in [0.2, 0.25) is 0 Å². The van der Waals surface area contributed by atoms with E-state index in [0.29, 0.717) is 12.5 Å². The number of methoxy groups -OCH3 is 1. The largest absolute Gasteiger partial charge is 0.464 e. The molecule has 100 valence electrons. The molecule has 0 bridgehead atoms. The molecule has 18 heavy (non-hydrogen) atoms. The highest BCUT2D eigenvalue weighted by atomic mass is 16.5. The van der Waals surface area contributed by atoms with Crippen LogP contribution in [0, 0.1) is 5.92 Å². The van der Waals surface area contributed by atoms with Crippen molar-refractivity contribution in [2.24, 2.45) is 5.92 Å². The molecule has 0 aliphatic rings. The standard InChI is InChI=1S/C10H17N5O3/c1-6(2)4-12-7(16)5-15-9(11)8(13-14-15)10(17)18-3/h6H,4-5,11H2,1-3H3,(H,12,16). The summed E-state index contributed by atoms with van der Waals surface area (Å²) in [6.45, 7) is 4.46. The van der Waals surface area contributed by atoms with Gasteiger partial charge in [0, 0.05) is 6.54 Å². The SMILES string of the molecule is COC(=O)c1nnn(CC(=O)NCC(C)C)c1N. The lowest BCUT2D eigenvalue weighted by atomic mass is 10.2. The molecule has 1 rings (SSSR count). The highest BCUT2D eigenvalue weighted by Crippen LogP contribution is 2.08. The molecule has 0 radical (unpaired) electrons. The van der Waals surface area contributed by atoms with Gasteiger partial charge in [-0.2, -0.15) is 0 Å². The molecule has 0 aromatic carbocycles. The zero-order valence-corrected chi connectivity index (χ0v) is 10.6. The number of amides is 1. The molecule has 0 spiro atoms. The number of hydrogen-bond acceptors (Lipinski definition) is 6. The van der Waals surface area contributed by atoms with Crippen molar-refractivity contribution in [2.75, 3.05) is 19.4 Å². The summed E-state index contributed by atoms with van der Waals surface area (Å²) in [6.07, 6.45) is 0. The van der Waals surface area contributed by atoms with Crippen molar-refractivity contribution in [3.05, 3.63) is 5.69 Å². The molecular formula is C10H17N5O3. The number of carbonyl (C=O) groups excluding carboxylic acids is 2. The molecule has 0 aliphatic heterocycles. The van der Waals surface area contributed by atoms with Crippen LogP contribution < -0.4 is 11.1 Å². The van der Waals surface area contributed by atoms with E-state index in [1.54, 1.807) is 0 Å². The van der Waals surface area contributed by atoms with Gasteiger partial charge in [-0.15, -0.1) is 5.10 Å². The lowest BCUT2D eigenvalue weighted by molar-refractivity contribution is -0.122. The third-order valence-corrected chi connectivity index (χ3v) is 2.15. The fraction of sp³-hybridized carbons (Fsp3) is 0.600. The number of hydrogen-bond donors (Lipinski definition) is 2. The van der Waals surface area contributed by atoms with Crippen LogP contribution in [0.15, 0.2) is 0 Å². The first kappa shape index (κ1) is 13.9. The van der Waals surface area contributed by atoms with Crippen molar-refractivity contribution in [3.63, 3.8) is 0 Å². The van der Waals surface area contributed by atoms with Crippen LogP contribution in [0.1, 0.15) is 24.3 Å². The van der Waals surface area contributed by atoms with E-state index in [0.717, 1.165) is 4.68 Å². The Kier molecular flexibility index (Phi) is 4.64. The monoisotopic (exact) mass is 255 g/mol. The number of anilines is 1. The van der Waals surface area contributed by atoms with Crippen LogP contribution in [0.3, 0.4) is 0 Å². The van der Waals surface area contributed by atoms with E-state index in [9.17, 15) is 9.59 Å². The number of nitrogens with zero attached hydrogens (tertiary/aromatic N) is 3. The van der Waals surface area contributed by atoms with E-state index >= 15 is 0 Å². The smallest absolute Gasteiger partial charge is 0.362 e. The Morgan fingerprint density at radius 3 is 2.72 bits per heavy atom. The molecule has 1 heterocycles. The van der Waals surface area contributed by atoms with Crippen molar-refractivity contribution in [3.8, 4) is 0 Å². The van der Waals surface area contributed by atoms with Crippen molar-refractivity contribution in [1.29, 1.82) is 0 Å². The van der Waals surface area contributed by atoms with Gasteiger partial charge in [-0.05, 0) is 5.92 Å². The lowest BCUT2D eigenvalue weighted by Gasteiger charge is -2.07. The number of carbonyl (C=O) groups is 2.